The molecule has 0 unspecified atom stereocenters. The number of nitrogens with two attached hydrogens (primary N) is 1. The van der Waals surface area contributed by atoms with E-state index in [0.717, 1.165) is 55.4 Å². The molecule has 2 fully saturated rings. The molecule has 29 heavy (non-hydrogen) atoms. The predicted octanol–water partition coefficient (Wildman–Crippen LogP) is 1.29. The summed E-state index contributed by atoms with van der Waals surface area (Å²) in [4.78, 5) is 33.4. The molecule has 4 N–H and O–H groups in total. The summed E-state index contributed by atoms with van der Waals surface area (Å²) in [5.41, 5.74) is 7.74. The number of likely N-dealkylation sites (tertiary alicyclic amines) is 2. The number of nitrogens with zero attached hydrogens (tertiary/aromatic N) is 4. The Hall–Kier alpha value is -3.10. The molecule has 0 aliphatic carbocycles. The van der Waals surface area contributed by atoms with E-state index in [1.165, 1.54) is 0 Å². The molecule has 0 bridgehead atoms. The molecule has 2 aliphatic rings. The quantitative estimate of drug-likeness (QED) is 0.530. The highest BCUT2D eigenvalue weighted by molar-refractivity contribution is 5.97. The van der Waals surface area contributed by atoms with Gasteiger partial charge < -0.3 is 20.9 Å². The van der Waals surface area contributed by atoms with Crippen molar-refractivity contribution in [1.29, 1.82) is 0 Å². The Bertz CT molecular complexity index is 916. The number of aliphatic imine (C=N–C) groups is 1. The molecule has 2 aliphatic heterocycles. The fourth-order valence-electron chi connectivity index (χ4n) is 3.95. The SMILES string of the molecule is NC(=N[C@H]1CCCCN(CC(=O)N2CCCC2)C1=O)Nc1ccc2cn[nH]c2c1. The first-order valence-corrected chi connectivity index (χ1v) is 10.2. The van der Waals surface area contributed by atoms with Crippen LogP contribution in [0.25, 0.3) is 10.9 Å². The molecule has 154 valence electrons. The Balaban J connectivity index is 1.42. The summed E-state index contributed by atoms with van der Waals surface area (Å²) in [5.74, 6) is 0.0955. The fraction of sp³-hybridized carbons (Fsp3) is 0.500. The predicted molar refractivity (Wildman–Crippen MR) is 111 cm³/mol. The van der Waals surface area contributed by atoms with Crippen molar-refractivity contribution in [3.8, 4) is 0 Å². The fourth-order valence-corrected chi connectivity index (χ4v) is 3.95. The zero-order chi connectivity index (χ0) is 20.2. The minimum Gasteiger partial charge on any atom is -0.370 e. The number of amides is 2. The molecule has 1 atom stereocenters. The van der Waals surface area contributed by atoms with Crippen molar-refractivity contribution in [3.05, 3.63) is 24.4 Å². The Labute approximate surface area is 169 Å². The molecule has 9 heteroatoms. The maximum atomic E-state index is 13.0. The summed E-state index contributed by atoms with van der Waals surface area (Å²) < 4.78 is 0. The first-order chi connectivity index (χ1) is 14.1. The third-order valence-electron chi connectivity index (χ3n) is 5.55. The van der Waals surface area contributed by atoms with Crippen LogP contribution in [0.1, 0.15) is 32.1 Å². The third-order valence-corrected chi connectivity index (χ3v) is 5.55. The number of fused-ring (bicyclic) bond motifs is 1. The molecule has 1 aromatic carbocycles. The average molecular weight is 397 g/mol. The van der Waals surface area contributed by atoms with Crippen molar-refractivity contribution in [2.75, 3.05) is 31.5 Å². The lowest BCUT2D eigenvalue weighted by atomic mass is 10.1. The normalized spacial score (nSPS) is 20.9. The number of hydrogen-bond donors (Lipinski definition) is 3. The number of guanidine groups is 1. The van der Waals surface area contributed by atoms with Crippen molar-refractivity contribution in [2.45, 2.75) is 38.1 Å². The molecule has 0 spiro atoms. The van der Waals surface area contributed by atoms with E-state index < -0.39 is 6.04 Å². The van der Waals surface area contributed by atoms with Gasteiger partial charge in [0.05, 0.1) is 18.3 Å². The van der Waals surface area contributed by atoms with Crippen LogP contribution in [0.3, 0.4) is 0 Å². The smallest absolute Gasteiger partial charge is 0.247 e. The van der Waals surface area contributed by atoms with Crippen LogP contribution in [0.4, 0.5) is 5.69 Å². The van der Waals surface area contributed by atoms with Gasteiger partial charge in [-0.1, -0.05) is 0 Å². The van der Waals surface area contributed by atoms with Crippen LogP contribution in [0, 0.1) is 0 Å². The highest BCUT2D eigenvalue weighted by Crippen LogP contribution is 2.18. The van der Waals surface area contributed by atoms with Crippen LogP contribution >= 0.6 is 0 Å². The van der Waals surface area contributed by atoms with Gasteiger partial charge >= 0.3 is 0 Å². The monoisotopic (exact) mass is 397 g/mol. The highest BCUT2D eigenvalue weighted by atomic mass is 16.2. The van der Waals surface area contributed by atoms with E-state index in [2.05, 4.69) is 20.5 Å². The molecular formula is C20H27N7O2. The number of aromatic nitrogens is 2. The number of carbonyl (C=O) groups is 2. The van der Waals surface area contributed by atoms with Crippen molar-refractivity contribution in [2.24, 2.45) is 10.7 Å². The first kappa shape index (κ1) is 19.2. The van der Waals surface area contributed by atoms with Crippen LogP contribution in [0.2, 0.25) is 0 Å². The Kier molecular flexibility index (Phi) is 5.64. The van der Waals surface area contributed by atoms with Gasteiger partial charge in [0.25, 0.3) is 0 Å². The number of benzene rings is 1. The molecule has 3 heterocycles. The van der Waals surface area contributed by atoms with Crippen LogP contribution in [-0.2, 0) is 9.59 Å². The summed E-state index contributed by atoms with van der Waals surface area (Å²) in [7, 11) is 0. The second-order valence-corrected chi connectivity index (χ2v) is 7.67. The first-order valence-electron chi connectivity index (χ1n) is 10.2. The largest absolute Gasteiger partial charge is 0.370 e. The van der Waals surface area contributed by atoms with E-state index in [1.54, 1.807) is 11.1 Å². The average Bonchev–Trinajstić information content (AvgIpc) is 3.37. The maximum absolute atomic E-state index is 13.0. The van der Waals surface area contributed by atoms with E-state index in [0.29, 0.717) is 13.0 Å². The lowest BCUT2D eigenvalue weighted by Gasteiger charge is -2.25. The summed E-state index contributed by atoms with van der Waals surface area (Å²) in [5, 5.41) is 11.0. The second-order valence-electron chi connectivity index (χ2n) is 7.67. The molecule has 4 rings (SSSR count). The van der Waals surface area contributed by atoms with Crippen molar-refractivity contribution in [3.63, 3.8) is 0 Å². The lowest BCUT2D eigenvalue weighted by molar-refractivity contribution is -0.140. The molecule has 2 amide bonds. The number of carbonyl (C=O) groups excluding carboxylic acids is 2. The van der Waals surface area contributed by atoms with Gasteiger partial charge in [-0.3, -0.25) is 14.7 Å². The summed E-state index contributed by atoms with van der Waals surface area (Å²) in [6.45, 7) is 2.31. The molecule has 0 saturated carbocycles. The lowest BCUT2D eigenvalue weighted by Crippen LogP contribution is -2.45. The minimum absolute atomic E-state index is 0.0273. The summed E-state index contributed by atoms with van der Waals surface area (Å²) in [6, 6.07) is 5.14. The zero-order valence-corrected chi connectivity index (χ0v) is 16.4. The highest BCUT2D eigenvalue weighted by Gasteiger charge is 2.30. The number of aromatic amines is 1. The van der Waals surface area contributed by atoms with Crippen LogP contribution < -0.4 is 11.1 Å². The number of nitrogens with one attached hydrogen (secondary N) is 2. The van der Waals surface area contributed by atoms with Gasteiger partial charge in [0.15, 0.2) is 5.96 Å². The van der Waals surface area contributed by atoms with Crippen LogP contribution in [0.15, 0.2) is 29.4 Å². The Morgan fingerprint density at radius 3 is 2.86 bits per heavy atom. The van der Waals surface area contributed by atoms with E-state index in [-0.39, 0.29) is 24.3 Å². The van der Waals surface area contributed by atoms with Gasteiger partial charge in [-0.2, -0.15) is 5.10 Å². The van der Waals surface area contributed by atoms with Gasteiger partial charge in [0, 0.05) is 30.7 Å². The van der Waals surface area contributed by atoms with Crippen LogP contribution in [0.5, 0.6) is 0 Å². The van der Waals surface area contributed by atoms with Crippen LogP contribution in [-0.4, -0.2) is 70.0 Å². The van der Waals surface area contributed by atoms with Gasteiger partial charge in [-0.05, 0) is 50.3 Å². The second kappa shape index (κ2) is 8.50. The molecule has 0 radical (unpaired) electrons. The van der Waals surface area contributed by atoms with Gasteiger partial charge in [-0.15, -0.1) is 0 Å². The van der Waals surface area contributed by atoms with E-state index in [4.69, 9.17) is 5.73 Å². The van der Waals surface area contributed by atoms with Crippen molar-refractivity contribution >= 4 is 34.4 Å². The Morgan fingerprint density at radius 2 is 2.03 bits per heavy atom. The minimum atomic E-state index is -0.563. The van der Waals surface area contributed by atoms with Gasteiger partial charge in [0.2, 0.25) is 11.8 Å². The Morgan fingerprint density at radius 1 is 1.24 bits per heavy atom. The molecule has 2 aromatic rings. The van der Waals surface area contributed by atoms with Gasteiger partial charge in [0.1, 0.15) is 6.04 Å². The summed E-state index contributed by atoms with van der Waals surface area (Å²) in [6.07, 6.45) is 6.21. The van der Waals surface area contributed by atoms with E-state index >= 15 is 0 Å². The standard InChI is InChI=1S/C20H27N7O2/c21-20(23-15-7-6-14-12-22-25-17(14)11-15)24-16-5-1-2-10-27(19(16)29)13-18(28)26-8-3-4-9-26/h6-7,11-12,16H,1-5,8-10,13H2,(H,22,25)(H3,21,23,24)/t16-/m0/s1. The number of H-pyrrole nitrogens is 1. The van der Waals surface area contributed by atoms with Crippen molar-refractivity contribution < 1.29 is 9.59 Å². The number of anilines is 1. The van der Waals surface area contributed by atoms with E-state index in [9.17, 15) is 9.59 Å². The van der Waals surface area contributed by atoms with Gasteiger partial charge in [-0.25, -0.2) is 4.99 Å². The number of hydrogen-bond acceptors (Lipinski definition) is 4. The summed E-state index contributed by atoms with van der Waals surface area (Å²) >= 11 is 0. The molecular weight excluding hydrogens is 370 g/mol. The number of rotatable bonds is 4. The zero-order valence-electron chi connectivity index (χ0n) is 16.4. The third kappa shape index (κ3) is 4.49. The topological polar surface area (TPSA) is 120 Å². The molecule has 2 saturated heterocycles. The van der Waals surface area contributed by atoms with Crippen molar-refractivity contribution in [1.82, 2.24) is 20.0 Å². The maximum Gasteiger partial charge on any atom is 0.247 e. The molecule has 1 aromatic heterocycles. The van der Waals surface area contributed by atoms with E-state index in [1.807, 2.05) is 23.1 Å². The molecule has 9 nitrogen and oxygen atoms in total.